The number of rotatable bonds is 3. The summed E-state index contributed by atoms with van der Waals surface area (Å²) in [5, 5.41) is 3.51. The summed E-state index contributed by atoms with van der Waals surface area (Å²) >= 11 is 5.80. The fourth-order valence-corrected chi connectivity index (χ4v) is 2.51. The highest BCUT2D eigenvalue weighted by Gasteiger charge is 2.25. The number of pyridine rings is 1. The molecule has 0 saturated heterocycles. The second kappa shape index (κ2) is 7.18. The van der Waals surface area contributed by atoms with Crippen molar-refractivity contribution in [3.8, 4) is 5.88 Å². The number of nitrogens with zero attached hydrogens (tertiary/aromatic N) is 1. The first-order chi connectivity index (χ1) is 10.3. The molecule has 1 amide bonds. The first kappa shape index (κ1) is 16.9. The van der Waals surface area contributed by atoms with Gasteiger partial charge in [-0.2, -0.15) is 0 Å². The Morgan fingerprint density at radius 2 is 1.95 bits per heavy atom. The van der Waals surface area contributed by atoms with E-state index in [4.69, 9.17) is 21.1 Å². The van der Waals surface area contributed by atoms with E-state index in [1.165, 1.54) is 0 Å². The van der Waals surface area contributed by atoms with Gasteiger partial charge in [-0.25, -0.2) is 9.78 Å². The van der Waals surface area contributed by atoms with E-state index in [1.807, 2.05) is 20.8 Å². The van der Waals surface area contributed by atoms with Crippen LogP contribution >= 0.6 is 11.6 Å². The molecule has 0 aromatic carbocycles. The third kappa shape index (κ3) is 5.72. The van der Waals surface area contributed by atoms with Crippen LogP contribution in [0.25, 0.3) is 0 Å². The predicted molar refractivity (Wildman–Crippen MR) is 85.3 cm³/mol. The van der Waals surface area contributed by atoms with Crippen molar-refractivity contribution in [2.75, 3.05) is 0 Å². The molecule has 1 aromatic heterocycles. The number of alkyl carbamates (subject to hydrolysis) is 1. The summed E-state index contributed by atoms with van der Waals surface area (Å²) in [6.45, 7) is 5.57. The fraction of sp³-hybridized carbons (Fsp3) is 0.625. The van der Waals surface area contributed by atoms with Crippen LogP contribution in [0, 0.1) is 0 Å². The molecule has 5 nitrogen and oxygen atoms in total. The van der Waals surface area contributed by atoms with Gasteiger partial charge in [0.25, 0.3) is 0 Å². The molecule has 6 heteroatoms. The molecular weight excluding hydrogens is 304 g/mol. The van der Waals surface area contributed by atoms with E-state index in [1.54, 1.807) is 18.3 Å². The Morgan fingerprint density at radius 3 is 2.50 bits per heavy atom. The zero-order valence-corrected chi connectivity index (χ0v) is 14.0. The maximum absolute atomic E-state index is 11.7. The number of aromatic nitrogens is 1. The van der Waals surface area contributed by atoms with E-state index in [0.29, 0.717) is 10.9 Å². The molecule has 1 saturated carbocycles. The first-order valence-electron chi connectivity index (χ1n) is 7.59. The molecule has 1 fully saturated rings. The van der Waals surface area contributed by atoms with Crippen LogP contribution in [0.15, 0.2) is 18.3 Å². The van der Waals surface area contributed by atoms with Crippen molar-refractivity contribution in [2.24, 2.45) is 0 Å². The topological polar surface area (TPSA) is 60.5 Å². The van der Waals surface area contributed by atoms with E-state index in [2.05, 4.69) is 10.3 Å². The Hall–Kier alpha value is -1.49. The molecule has 1 aromatic rings. The number of hydrogen-bond donors (Lipinski definition) is 1. The minimum Gasteiger partial charge on any atom is -0.474 e. The van der Waals surface area contributed by atoms with E-state index in [0.717, 1.165) is 25.7 Å². The lowest BCUT2D eigenvalue weighted by Gasteiger charge is -2.30. The molecular formula is C16H23ClN2O3. The molecule has 1 aliphatic carbocycles. The van der Waals surface area contributed by atoms with Gasteiger partial charge >= 0.3 is 6.09 Å². The van der Waals surface area contributed by atoms with Gasteiger partial charge in [-0.1, -0.05) is 11.6 Å². The molecule has 0 aliphatic heterocycles. The van der Waals surface area contributed by atoms with Crippen molar-refractivity contribution in [3.63, 3.8) is 0 Å². The summed E-state index contributed by atoms with van der Waals surface area (Å²) in [4.78, 5) is 15.9. The van der Waals surface area contributed by atoms with Crippen LogP contribution in [0.1, 0.15) is 46.5 Å². The molecule has 2 rings (SSSR count). The van der Waals surface area contributed by atoms with E-state index in [9.17, 15) is 4.79 Å². The van der Waals surface area contributed by atoms with Gasteiger partial charge in [-0.15, -0.1) is 0 Å². The van der Waals surface area contributed by atoms with Crippen molar-refractivity contribution in [1.82, 2.24) is 10.3 Å². The maximum atomic E-state index is 11.7. The number of amides is 1. The highest BCUT2D eigenvalue weighted by atomic mass is 35.5. The lowest BCUT2D eigenvalue weighted by atomic mass is 9.93. The summed E-state index contributed by atoms with van der Waals surface area (Å²) in [6, 6.07) is 3.68. The number of halogens is 1. The minimum atomic E-state index is -0.468. The van der Waals surface area contributed by atoms with Crippen LogP contribution in [-0.4, -0.2) is 28.8 Å². The summed E-state index contributed by atoms with van der Waals surface area (Å²) < 4.78 is 11.1. The van der Waals surface area contributed by atoms with E-state index < -0.39 is 5.60 Å². The lowest BCUT2D eigenvalue weighted by Crippen LogP contribution is -2.42. The maximum Gasteiger partial charge on any atom is 0.407 e. The average molecular weight is 327 g/mol. The van der Waals surface area contributed by atoms with Crippen molar-refractivity contribution in [1.29, 1.82) is 0 Å². The fourth-order valence-electron chi connectivity index (χ4n) is 2.40. The minimum absolute atomic E-state index is 0.130. The molecule has 1 heterocycles. The molecule has 0 unspecified atom stereocenters. The van der Waals surface area contributed by atoms with E-state index in [-0.39, 0.29) is 18.2 Å². The molecule has 122 valence electrons. The second-order valence-electron chi connectivity index (χ2n) is 6.55. The molecule has 22 heavy (non-hydrogen) atoms. The molecule has 0 radical (unpaired) electrons. The summed E-state index contributed by atoms with van der Waals surface area (Å²) in [7, 11) is 0. The summed E-state index contributed by atoms with van der Waals surface area (Å²) in [5.41, 5.74) is -0.468. The Bertz CT molecular complexity index is 491. The van der Waals surface area contributed by atoms with Gasteiger partial charge in [0.05, 0.1) is 5.02 Å². The van der Waals surface area contributed by atoms with Crippen LogP contribution in [0.4, 0.5) is 4.79 Å². The third-order valence-electron chi connectivity index (χ3n) is 3.38. The van der Waals surface area contributed by atoms with Crippen LogP contribution in [-0.2, 0) is 4.74 Å². The number of carbonyl (C=O) groups is 1. The van der Waals surface area contributed by atoms with Gasteiger partial charge in [0.15, 0.2) is 0 Å². The Kier molecular flexibility index (Phi) is 5.51. The van der Waals surface area contributed by atoms with Gasteiger partial charge in [-0.3, -0.25) is 0 Å². The van der Waals surface area contributed by atoms with Crippen molar-refractivity contribution < 1.29 is 14.3 Å². The Balaban J connectivity index is 1.73. The molecule has 0 bridgehead atoms. The number of carbonyl (C=O) groups excluding carboxylic acids is 1. The van der Waals surface area contributed by atoms with Crippen LogP contribution in [0.2, 0.25) is 5.02 Å². The van der Waals surface area contributed by atoms with Gasteiger partial charge in [0, 0.05) is 18.3 Å². The Morgan fingerprint density at radius 1 is 1.27 bits per heavy atom. The SMILES string of the molecule is CC(C)(C)OC(=O)NC1CCC(Oc2ccc(Cl)cn2)CC1. The van der Waals surface area contributed by atoms with Crippen LogP contribution in [0.3, 0.4) is 0 Å². The number of nitrogens with one attached hydrogen (secondary N) is 1. The Labute approximate surface area is 136 Å². The smallest absolute Gasteiger partial charge is 0.407 e. The van der Waals surface area contributed by atoms with Crippen molar-refractivity contribution in [2.45, 2.75) is 64.2 Å². The van der Waals surface area contributed by atoms with Crippen molar-refractivity contribution >= 4 is 17.7 Å². The summed E-state index contributed by atoms with van der Waals surface area (Å²) in [5.74, 6) is 0.591. The zero-order chi connectivity index (χ0) is 16.2. The molecule has 1 aliphatic rings. The monoisotopic (exact) mass is 326 g/mol. The normalized spacial score (nSPS) is 22.0. The highest BCUT2D eigenvalue weighted by molar-refractivity contribution is 6.30. The molecule has 0 spiro atoms. The average Bonchev–Trinajstić information content (AvgIpc) is 2.41. The van der Waals surface area contributed by atoms with Gasteiger partial charge in [-0.05, 0) is 52.5 Å². The zero-order valence-electron chi connectivity index (χ0n) is 13.3. The second-order valence-corrected chi connectivity index (χ2v) is 6.99. The standard InChI is InChI=1S/C16H23ClN2O3/c1-16(2,3)22-15(20)19-12-5-7-13(8-6-12)21-14-9-4-11(17)10-18-14/h4,9-10,12-13H,5-8H2,1-3H3,(H,19,20). The largest absolute Gasteiger partial charge is 0.474 e. The number of ether oxygens (including phenoxy) is 2. The lowest BCUT2D eigenvalue weighted by molar-refractivity contribution is 0.0469. The first-order valence-corrected chi connectivity index (χ1v) is 7.97. The quantitative estimate of drug-likeness (QED) is 0.913. The third-order valence-corrected chi connectivity index (χ3v) is 3.61. The molecule has 1 N–H and O–H groups in total. The van der Waals surface area contributed by atoms with Crippen LogP contribution < -0.4 is 10.1 Å². The number of hydrogen-bond acceptors (Lipinski definition) is 4. The predicted octanol–water partition coefficient (Wildman–Crippen LogP) is 3.95. The van der Waals surface area contributed by atoms with Crippen molar-refractivity contribution in [3.05, 3.63) is 23.4 Å². The highest BCUT2D eigenvalue weighted by Crippen LogP contribution is 2.23. The van der Waals surface area contributed by atoms with Gasteiger partial charge < -0.3 is 14.8 Å². The van der Waals surface area contributed by atoms with E-state index >= 15 is 0 Å². The summed E-state index contributed by atoms with van der Waals surface area (Å²) in [6.07, 6.45) is 4.86. The van der Waals surface area contributed by atoms with Gasteiger partial charge in [0.1, 0.15) is 11.7 Å². The molecule has 0 atom stereocenters. The van der Waals surface area contributed by atoms with Crippen LogP contribution in [0.5, 0.6) is 5.88 Å². The van der Waals surface area contributed by atoms with Gasteiger partial charge in [0.2, 0.25) is 5.88 Å².